The van der Waals surface area contributed by atoms with E-state index in [1.165, 1.54) is 34.4 Å². The Morgan fingerprint density at radius 3 is 1.44 bits per heavy atom. The zero-order chi connectivity index (χ0) is 28.9. The number of esters is 2. The van der Waals surface area contributed by atoms with Gasteiger partial charge in [-0.1, -0.05) is 60.7 Å². The minimum Gasteiger partial charge on any atom is -0.493 e. The van der Waals surface area contributed by atoms with Gasteiger partial charge in [-0.05, 0) is 73.2 Å². The van der Waals surface area contributed by atoms with Crippen molar-refractivity contribution < 1.29 is 28.5 Å². The van der Waals surface area contributed by atoms with E-state index in [1.807, 2.05) is 24.3 Å². The fraction of sp³-hybridized carbons (Fsp3) is 0.314. The maximum absolute atomic E-state index is 11.4. The molecule has 6 heteroatoms. The van der Waals surface area contributed by atoms with E-state index < -0.39 is 0 Å². The third-order valence-electron chi connectivity index (χ3n) is 7.13. The monoisotopic (exact) mass is 554 g/mol. The summed E-state index contributed by atoms with van der Waals surface area (Å²) in [6.45, 7) is 5.16. The van der Waals surface area contributed by atoms with Crippen LogP contribution in [0, 0.1) is 0 Å². The lowest BCUT2D eigenvalue weighted by molar-refractivity contribution is -0.138. The van der Waals surface area contributed by atoms with Gasteiger partial charge in [-0.3, -0.25) is 0 Å². The van der Waals surface area contributed by atoms with Crippen LogP contribution < -0.4 is 9.47 Å². The first-order chi connectivity index (χ1) is 20.0. The highest BCUT2D eigenvalue weighted by atomic mass is 16.5. The topological polar surface area (TPSA) is 71.1 Å². The van der Waals surface area contributed by atoms with E-state index in [0.29, 0.717) is 39.3 Å². The second-order valence-corrected chi connectivity index (χ2v) is 9.99. The van der Waals surface area contributed by atoms with E-state index in [4.69, 9.17) is 18.9 Å². The Bertz CT molecular complexity index is 1230. The van der Waals surface area contributed by atoms with E-state index in [1.54, 1.807) is 26.0 Å². The summed E-state index contributed by atoms with van der Waals surface area (Å²) in [6, 6.07) is 25.4. The normalized spacial score (nSPS) is 13.7. The first-order valence-electron chi connectivity index (χ1n) is 14.2. The summed E-state index contributed by atoms with van der Waals surface area (Å²) < 4.78 is 22.1. The summed E-state index contributed by atoms with van der Waals surface area (Å²) >= 11 is 0. The van der Waals surface area contributed by atoms with Gasteiger partial charge in [0.15, 0.2) is 0 Å². The zero-order valence-electron chi connectivity index (χ0n) is 23.8. The minimum absolute atomic E-state index is 0.192. The van der Waals surface area contributed by atoms with Crippen molar-refractivity contribution in [3.63, 3.8) is 0 Å². The van der Waals surface area contributed by atoms with Crippen molar-refractivity contribution >= 4 is 11.9 Å². The van der Waals surface area contributed by atoms with Crippen LogP contribution in [0.5, 0.6) is 11.5 Å². The van der Waals surface area contributed by atoms with Crippen LogP contribution in [0.15, 0.2) is 97.1 Å². The Kier molecular flexibility index (Phi) is 10.8. The highest BCUT2D eigenvalue weighted by Gasteiger charge is 2.40. The fourth-order valence-corrected chi connectivity index (χ4v) is 5.14. The van der Waals surface area contributed by atoms with Crippen molar-refractivity contribution in [2.45, 2.75) is 44.9 Å². The molecule has 1 aliphatic rings. The van der Waals surface area contributed by atoms with Crippen LogP contribution in [0.2, 0.25) is 0 Å². The Hall–Kier alpha value is -4.32. The molecule has 6 nitrogen and oxygen atoms in total. The smallest absolute Gasteiger partial charge is 0.330 e. The van der Waals surface area contributed by atoms with E-state index in [-0.39, 0.29) is 17.4 Å². The van der Waals surface area contributed by atoms with E-state index in [9.17, 15) is 9.59 Å². The number of allylic oxidation sites excluding steroid dienone is 2. The Morgan fingerprint density at radius 1 is 0.634 bits per heavy atom. The third kappa shape index (κ3) is 8.10. The molecule has 1 aliphatic carbocycles. The average molecular weight is 555 g/mol. The van der Waals surface area contributed by atoms with Crippen molar-refractivity contribution in [2.75, 3.05) is 26.4 Å². The lowest BCUT2D eigenvalue weighted by Crippen LogP contribution is -2.28. The number of hydrogen-bond donors (Lipinski definition) is 0. The second-order valence-electron chi connectivity index (χ2n) is 9.99. The number of benzene rings is 3. The molecule has 3 aromatic rings. The maximum Gasteiger partial charge on any atom is 0.330 e. The van der Waals surface area contributed by atoms with Crippen LogP contribution in [-0.2, 0) is 37.3 Å². The largest absolute Gasteiger partial charge is 0.493 e. The lowest BCUT2D eigenvalue weighted by atomic mass is 9.72. The summed E-state index contributed by atoms with van der Waals surface area (Å²) in [6.07, 6.45) is 9.22. The number of hydrogen-bond acceptors (Lipinski definition) is 6. The molecule has 0 spiro atoms. The van der Waals surface area contributed by atoms with Gasteiger partial charge in [0.25, 0.3) is 0 Å². The molecule has 0 fully saturated rings. The van der Waals surface area contributed by atoms with Crippen LogP contribution in [0.25, 0.3) is 0 Å². The second kappa shape index (κ2) is 14.9. The number of rotatable bonds is 14. The van der Waals surface area contributed by atoms with Crippen LogP contribution in [0.3, 0.4) is 0 Å². The van der Waals surface area contributed by atoms with E-state index in [2.05, 4.69) is 48.5 Å². The number of carbonyl (C=O) groups is 2. The molecule has 3 aromatic carbocycles. The lowest BCUT2D eigenvalue weighted by Gasteiger charge is -2.31. The number of ether oxygens (including phenoxy) is 4. The molecule has 0 saturated heterocycles. The van der Waals surface area contributed by atoms with Gasteiger partial charge >= 0.3 is 11.9 Å². The van der Waals surface area contributed by atoms with E-state index >= 15 is 0 Å². The molecule has 0 N–H and O–H groups in total. The van der Waals surface area contributed by atoms with Crippen LogP contribution in [0.1, 0.15) is 48.9 Å². The summed E-state index contributed by atoms with van der Waals surface area (Å²) in [5.74, 6) is 0.920. The zero-order valence-corrected chi connectivity index (χ0v) is 23.8. The van der Waals surface area contributed by atoms with Gasteiger partial charge in [0.2, 0.25) is 0 Å². The van der Waals surface area contributed by atoms with Crippen molar-refractivity contribution in [2.24, 2.45) is 0 Å². The Morgan fingerprint density at radius 2 is 1.05 bits per heavy atom. The molecule has 0 heterocycles. The van der Waals surface area contributed by atoms with Crippen LogP contribution in [-0.4, -0.2) is 38.4 Å². The molecule has 0 radical (unpaired) electrons. The quantitative estimate of drug-likeness (QED) is 0.128. The molecule has 4 rings (SSSR count). The van der Waals surface area contributed by atoms with Crippen LogP contribution >= 0.6 is 0 Å². The summed E-state index contributed by atoms with van der Waals surface area (Å²) in [7, 11) is 0. The molecule has 0 atom stereocenters. The summed E-state index contributed by atoms with van der Waals surface area (Å²) in [5, 5.41) is 0. The van der Waals surface area contributed by atoms with Gasteiger partial charge in [-0.2, -0.15) is 0 Å². The number of fused-ring (bicyclic) bond motifs is 1. The highest BCUT2D eigenvalue weighted by Crippen LogP contribution is 2.45. The SMILES string of the molecule is CC=CC(=O)OCCCOc1ccc(C2(c3ccc(OCCCOC(=O)C=CC)cc3)Cc3ccccc3C2)cc1. The van der Waals surface area contributed by atoms with Gasteiger partial charge in [-0.25, -0.2) is 9.59 Å². The molecule has 0 amide bonds. The molecule has 0 aromatic heterocycles. The Labute approximate surface area is 242 Å². The molecular weight excluding hydrogens is 516 g/mol. The van der Waals surface area contributed by atoms with Crippen molar-refractivity contribution in [3.05, 3.63) is 119 Å². The predicted octanol–water partition coefficient (Wildman–Crippen LogP) is 6.55. The molecular formula is C35H38O6. The van der Waals surface area contributed by atoms with Gasteiger partial charge in [0.05, 0.1) is 26.4 Å². The first-order valence-corrected chi connectivity index (χ1v) is 14.2. The molecule has 0 saturated carbocycles. The van der Waals surface area contributed by atoms with Gasteiger partial charge in [0.1, 0.15) is 11.5 Å². The summed E-state index contributed by atoms with van der Waals surface area (Å²) in [5.41, 5.74) is 5.01. The van der Waals surface area contributed by atoms with Crippen molar-refractivity contribution in [3.8, 4) is 11.5 Å². The number of carbonyl (C=O) groups excluding carboxylic acids is 2. The van der Waals surface area contributed by atoms with Gasteiger partial charge < -0.3 is 18.9 Å². The fourth-order valence-electron chi connectivity index (χ4n) is 5.14. The first kappa shape index (κ1) is 29.7. The molecule has 41 heavy (non-hydrogen) atoms. The van der Waals surface area contributed by atoms with Crippen molar-refractivity contribution in [1.29, 1.82) is 0 Å². The van der Waals surface area contributed by atoms with Gasteiger partial charge in [0, 0.05) is 30.4 Å². The van der Waals surface area contributed by atoms with Gasteiger partial charge in [-0.15, -0.1) is 0 Å². The van der Waals surface area contributed by atoms with Crippen molar-refractivity contribution in [1.82, 2.24) is 0 Å². The minimum atomic E-state index is -0.331. The molecule has 0 bridgehead atoms. The molecule has 0 aliphatic heterocycles. The standard InChI is InChI=1S/C35H38O6/c1-3-9-33(36)40-23-7-21-38-31-17-13-29(14-18-31)35(25-27-11-5-6-12-28(27)26-35)30-15-19-32(20-16-30)39-22-8-24-41-34(37)10-4-2/h3-6,9-20H,7-8,21-26H2,1-2H3. The average Bonchev–Trinajstić information content (AvgIpc) is 3.39. The highest BCUT2D eigenvalue weighted by molar-refractivity contribution is 5.82. The molecule has 214 valence electrons. The predicted molar refractivity (Wildman–Crippen MR) is 159 cm³/mol. The molecule has 0 unspecified atom stereocenters. The summed E-state index contributed by atoms with van der Waals surface area (Å²) in [4.78, 5) is 22.8. The van der Waals surface area contributed by atoms with Crippen LogP contribution in [0.4, 0.5) is 0 Å². The maximum atomic E-state index is 11.4. The third-order valence-corrected chi connectivity index (χ3v) is 7.13. The van der Waals surface area contributed by atoms with E-state index in [0.717, 1.165) is 24.3 Å². The Balaban J connectivity index is 1.40.